The summed E-state index contributed by atoms with van der Waals surface area (Å²) in [5.41, 5.74) is 3.94. The van der Waals surface area contributed by atoms with E-state index in [1.54, 1.807) is 30.3 Å². The average Bonchev–Trinajstić information content (AvgIpc) is 3.48. The molecule has 0 aliphatic carbocycles. The normalized spacial score (nSPS) is 16.7. The van der Waals surface area contributed by atoms with Crippen molar-refractivity contribution < 1.29 is 19.4 Å². The lowest BCUT2D eigenvalue weighted by molar-refractivity contribution is -0.132. The Morgan fingerprint density at radius 2 is 1.56 bits per heavy atom. The lowest BCUT2D eigenvalue weighted by atomic mass is 9.95. The molecule has 4 aromatic carbocycles. The Morgan fingerprint density at radius 1 is 0.872 bits per heavy atom. The van der Waals surface area contributed by atoms with Gasteiger partial charge in [0, 0.05) is 5.56 Å². The largest absolute Gasteiger partial charge is 0.507 e. The Balaban J connectivity index is 1.53. The molecule has 1 aliphatic rings. The second-order valence-corrected chi connectivity index (χ2v) is 10.5. The number of aliphatic hydroxyl groups is 1. The van der Waals surface area contributed by atoms with Crippen molar-refractivity contribution in [3.05, 3.63) is 125 Å². The predicted molar refractivity (Wildman–Crippen MR) is 153 cm³/mol. The predicted octanol–water partition coefficient (Wildman–Crippen LogP) is 7.33. The number of thiazole rings is 1. The highest BCUT2D eigenvalue weighted by molar-refractivity contribution is 7.22. The van der Waals surface area contributed by atoms with Crippen LogP contribution in [0.2, 0.25) is 0 Å². The van der Waals surface area contributed by atoms with Crippen LogP contribution in [0.5, 0.6) is 11.5 Å². The van der Waals surface area contributed by atoms with Gasteiger partial charge in [-0.3, -0.25) is 14.5 Å². The number of aryl methyl sites for hydroxylation is 2. The number of aromatic nitrogens is 1. The molecule has 2 heterocycles. The third-order valence-corrected chi connectivity index (χ3v) is 7.67. The van der Waals surface area contributed by atoms with E-state index < -0.39 is 17.7 Å². The summed E-state index contributed by atoms with van der Waals surface area (Å²) in [4.78, 5) is 33.3. The number of carbonyl (C=O) groups excluding carboxylic acids is 2. The first-order valence-electron chi connectivity index (χ1n) is 12.5. The van der Waals surface area contributed by atoms with Crippen molar-refractivity contribution in [3.63, 3.8) is 0 Å². The van der Waals surface area contributed by atoms with Crippen LogP contribution in [-0.4, -0.2) is 21.8 Å². The Hall–Kier alpha value is -4.75. The molecule has 0 spiro atoms. The first-order chi connectivity index (χ1) is 18.9. The van der Waals surface area contributed by atoms with E-state index in [4.69, 9.17) is 9.72 Å². The maximum atomic E-state index is 13.6. The van der Waals surface area contributed by atoms with Gasteiger partial charge in [-0.05, 0) is 60.9 Å². The van der Waals surface area contributed by atoms with Gasteiger partial charge in [0.25, 0.3) is 5.78 Å². The van der Waals surface area contributed by atoms with E-state index in [2.05, 4.69) is 0 Å². The number of aliphatic hydroxyl groups excluding tert-OH is 1. The van der Waals surface area contributed by atoms with Crippen molar-refractivity contribution in [2.45, 2.75) is 19.9 Å². The van der Waals surface area contributed by atoms with Gasteiger partial charge >= 0.3 is 5.91 Å². The van der Waals surface area contributed by atoms with Gasteiger partial charge in [-0.1, -0.05) is 78.1 Å². The van der Waals surface area contributed by atoms with Crippen LogP contribution < -0.4 is 9.64 Å². The van der Waals surface area contributed by atoms with Crippen LogP contribution in [0, 0.1) is 13.8 Å². The molecule has 1 amide bonds. The van der Waals surface area contributed by atoms with Crippen molar-refractivity contribution in [2.75, 3.05) is 4.90 Å². The number of hydrogen-bond acceptors (Lipinski definition) is 6. The minimum absolute atomic E-state index is 0.00946. The number of ketones is 1. The standard InChI is InChI=1S/C32H24N2O4S/c1-19-16-20(2)27-25(17-19)39-32(33-27)34-28(22-12-9-15-24(18-22)38-23-13-7-4-8-14-23)26(30(36)31(34)37)29(35)21-10-5-3-6-11-21/h3-18,28,35H,1-2H3/b29-26+. The fourth-order valence-corrected chi connectivity index (χ4v) is 6.10. The maximum absolute atomic E-state index is 13.6. The van der Waals surface area contributed by atoms with Gasteiger partial charge in [0.2, 0.25) is 0 Å². The molecular formula is C32H24N2O4S. The van der Waals surface area contributed by atoms with E-state index in [9.17, 15) is 14.7 Å². The van der Waals surface area contributed by atoms with E-state index in [0.29, 0.717) is 27.8 Å². The molecule has 1 aromatic heterocycles. The summed E-state index contributed by atoms with van der Waals surface area (Å²) in [5.74, 6) is -0.531. The van der Waals surface area contributed by atoms with Crippen molar-refractivity contribution in [3.8, 4) is 11.5 Å². The molecular weight excluding hydrogens is 508 g/mol. The number of hydrogen-bond donors (Lipinski definition) is 1. The summed E-state index contributed by atoms with van der Waals surface area (Å²) in [7, 11) is 0. The molecule has 1 atom stereocenters. The van der Waals surface area contributed by atoms with Gasteiger partial charge < -0.3 is 9.84 Å². The van der Waals surface area contributed by atoms with E-state index >= 15 is 0 Å². The van der Waals surface area contributed by atoms with E-state index in [1.807, 2.05) is 80.6 Å². The number of ether oxygens (including phenoxy) is 1. The average molecular weight is 533 g/mol. The van der Waals surface area contributed by atoms with Crippen molar-refractivity contribution in [1.82, 2.24) is 4.98 Å². The van der Waals surface area contributed by atoms with Gasteiger partial charge in [-0.15, -0.1) is 0 Å². The monoisotopic (exact) mass is 532 g/mol. The van der Waals surface area contributed by atoms with Crippen LogP contribution in [0.3, 0.4) is 0 Å². The van der Waals surface area contributed by atoms with Crippen LogP contribution in [0.25, 0.3) is 16.0 Å². The summed E-state index contributed by atoms with van der Waals surface area (Å²) in [6, 6.07) is 28.5. The summed E-state index contributed by atoms with van der Waals surface area (Å²) in [6.45, 7) is 3.99. The minimum atomic E-state index is -0.897. The Labute approximate surface area is 229 Å². The molecule has 1 N–H and O–H groups in total. The fraction of sp³-hybridized carbons (Fsp3) is 0.0938. The smallest absolute Gasteiger partial charge is 0.301 e. The molecule has 5 aromatic rings. The Bertz CT molecular complexity index is 1760. The molecule has 0 saturated carbocycles. The van der Waals surface area contributed by atoms with Gasteiger partial charge in [0.15, 0.2) is 5.13 Å². The number of fused-ring (bicyclic) bond motifs is 1. The zero-order valence-corrected chi connectivity index (χ0v) is 22.1. The van der Waals surface area contributed by atoms with Crippen LogP contribution in [-0.2, 0) is 9.59 Å². The van der Waals surface area contributed by atoms with Gasteiger partial charge in [-0.25, -0.2) is 4.98 Å². The van der Waals surface area contributed by atoms with E-state index in [-0.39, 0.29) is 11.3 Å². The molecule has 7 heteroatoms. The minimum Gasteiger partial charge on any atom is -0.507 e. The summed E-state index contributed by atoms with van der Waals surface area (Å²) in [5, 5.41) is 11.8. The van der Waals surface area contributed by atoms with Crippen LogP contribution in [0.1, 0.15) is 28.3 Å². The molecule has 1 saturated heterocycles. The molecule has 1 fully saturated rings. The van der Waals surface area contributed by atoms with E-state index in [1.165, 1.54) is 16.2 Å². The summed E-state index contributed by atoms with van der Waals surface area (Å²) >= 11 is 1.35. The molecule has 6 rings (SSSR count). The van der Waals surface area contributed by atoms with Crippen LogP contribution >= 0.6 is 11.3 Å². The number of carbonyl (C=O) groups is 2. The summed E-state index contributed by atoms with van der Waals surface area (Å²) in [6.07, 6.45) is 0. The highest BCUT2D eigenvalue weighted by Gasteiger charge is 2.48. The summed E-state index contributed by atoms with van der Waals surface area (Å²) < 4.78 is 6.97. The maximum Gasteiger partial charge on any atom is 0.301 e. The molecule has 0 radical (unpaired) electrons. The molecule has 39 heavy (non-hydrogen) atoms. The van der Waals surface area contributed by atoms with E-state index in [0.717, 1.165) is 21.3 Å². The molecule has 6 nitrogen and oxygen atoms in total. The van der Waals surface area contributed by atoms with Gasteiger partial charge in [0.05, 0.1) is 21.8 Å². The molecule has 0 bridgehead atoms. The number of benzene rings is 4. The number of rotatable bonds is 5. The van der Waals surface area contributed by atoms with Crippen molar-refractivity contribution in [1.29, 1.82) is 0 Å². The molecule has 1 unspecified atom stereocenters. The lowest BCUT2D eigenvalue weighted by Gasteiger charge is -2.23. The van der Waals surface area contributed by atoms with Gasteiger partial charge in [0.1, 0.15) is 17.3 Å². The van der Waals surface area contributed by atoms with Crippen LogP contribution in [0.4, 0.5) is 5.13 Å². The second kappa shape index (κ2) is 9.85. The lowest BCUT2D eigenvalue weighted by Crippen LogP contribution is -2.29. The number of amides is 1. The Kier molecular flexibility index (Phi) is 6.21. The topological polar surface area (TPSA) is 79.7 Å². The van der Waals surface area contributed by atoms with Gasteiger partial charge in [-0.2, -0.15) is 0 Å². The quantitative estimate of drug-likeness (QED) is 0.146. The first-order valence-corrected chi connectivity index (χ1v) is 13.3. The zero-order valence-electron chi connectivity index (χ0n) is 21.3. The number of anilines is 1. The Morgan fingerprint density at radius 3 is 2.31 bits per heavy atom. The third kappa shape index (κ3) is 4.47. The number of nitrogens with zero attached hydrogens (tertiary/aromatic N) is 2. The highest BCUT2D eigenvalue weighted by Crippen LogP contribution is 2.45. The third-order valence-electron chi connectivity index (χ3n) is 6.67. The molecule has 1 aliphatic heterocycles. The second-order valence-electron chi connectivity index (χ2n) is 9.45. The van der Waals surface area contributed by atoms with Crippen molar-refractivity contribution in [2.24, 2.45) is 0 Å². The first kappa shape index (κ1) is 24.6. The van der Waals surface area contributed by atoms with Crippen LogP contribution in [0.15, 0.2) is 103 Å². The SMILES string of the molecule is Cc1cc(C)c2nc(N3C(=O)C(=O)/C(=C(/O)c4ccccc4)C3c3cccc(Oc4ccccc4)c3)sc2c1. The van der Waals surface area contributed by atoms with Crippen molar-refractivity contribution >= 4 is 44.1 Å². The highest BCUT2D eigenvalue weighted by atomic mass is 32.1. The molecule has 192 valence electrons. The number of Topliss-reactive ketones (excluding diaryl/α,β-unsaturated/α-hetero) is 1. The zero-order chi connectivity index (χ0) is 27.1. The number of para-hydroxylation sites is 1. The fourth-order valence-electron chi connectivity index (χ4n) is 4.93.